The second-order valence-corrected chi connectivity index (χ2v) is 7.78. The number of amides is 1. The summed E-state index contributed by atoms with van der Waals surface area (Å²) in [6, 6.07) is 15.8. The minimum Gasteiger partial charge on any atom is -0.408 e. The van der Waals surface area contributed by atoms with Crippen molar-refractivity contribution in [3.8, 4) is 0 Å². The molecule has 1 amide bonds. The van der Waals surface area contributed by atoms with Crippen LogP contribution in [0.1, 0.15) is 38.3 Å². The Bertz CT molecular complexity index is 975. The van der Waals surface area contributed by atoms with Gasteiger partial charge in [-0.1, -0.05) is 57.2 Å². The van der Waals surface area contributed by atoms with Crippen LogP contribution in [-0.4, -0.2) is 17.0 Å². The summed E-state index contributed by atoms with van der Waals surface area (Å²) < 4.78 is 6.68. The van der Waals surface area contributed by atoms with Crippen LogP contribution in [0.3, 0.4) is 0 Å². The van der Waals surface area contributed by atoms with E-state index in [0.717, 1.165) is 6.42 Å². The molecule has 0 saturated carbocycles. The summed E-state index contributed by atoms with van der Waals surface area (Å²) in [7, 11) is 0. The van der Waals surface area contributed by atoms with Gasteiger partial charge in [0.2, 0.25) is 5.91 Å². The molecular formula is C22H26N2O3. The Morgan fingerprint density at radius 2 is 1.78 bits per heavy atom. The van der Waals surface area contributed by atoms with Crippen LogP contribution in [0, 0.1) is 0 Å². The van der Waals surface area contributed by atoms with E-state index in [0.29, 0.717) is 24.2 Å². The van der Waals surface area contributed by atoms with Gasteiger partial charge in [-0.15, -0.1) is 0 Å². The highest BCUT2D eigenvalue weighted by Gasteiger charge is 2.13. The maximum Gasteiger partial charge on any atom is 0.419 e. The van der Waals surface area contributed by atoms with Crippen LogP contribution in [0.15, 0.2) is 57.7 Å². The number of hydrogen-bond acceptors (Lipinski definition) is 3. The second-order valence-electron chi connectivity index (χ2n) is 7.78. The molecule has 5 heteroatoms. The molecule has 27 heavy (non-hydrogen) atoms. The number of hydrogen-bond donors (Lipinski definition) is 1. The predicted molar refractivity (Wildman–Crippen MR) is 107 cm³/mol. The number of carbonyl (C=O) groups is 1. The van der Waals surface area contributed by atoms with Crippen LogP contribution in [0.25, 0.3) is 11.1 Å². The number of para-hydroxylation sites is 2. The SMILES string of the molecule is CC(C)(C)c1ccc(CCNC(=O)CCn2c(=O)oc3ccccc32)cc1. The van der Waals surface area contributed by atoms with E-state index in [1.807, 2.05) is 18.2 Å². The third-order valence-corrected chi connectivity index (χ3v) is 4.69. The first-order chi connectivity index (χ1) is 12.8. The summed E-state index contributed by atoms with van der Waals surface area (Å²) in [4.78, 5) is 24.0. The van der Waals surface area contributed by atoms with Crippen LogP contribution >= 0.6 is 0 Å². The molecule has 2 aromatic carbocycles. The normalized spacial score (nSPS) is 11.7. The molecule has 1 aromatic heterocycles. The third-order valence-electron chi connectivity index (χ3n) is 4.69. The van der Waals surface area contributed by atoms with Crippen molar-refractivity contribution in [2.24, 2.45) is 0 Å². The summed E-state index contributed by atoms with van der Waals surface area (Å²) in [6.45, 7) is 7.46. The molecule has 0 spiro atoms. The molecule has 3 aromatic rings. The smallest absolute Gasteiger partial charge is 0.408 e. The Balaban J connectivity index is 1.49. The second kappa shape index (κ2) is 7.82. The largest absolute Gasteiger partial charge is 0.419 e. The lowest BCUT2D eigenvalue weighted by Gasteiger charge is -2.19. The lowest BCUT2D eigenvalue weighted by atomic mass is 9.86. The maximum absolute atomic E-state index is 12.1. The molecule has 0 fully saturated rings. The van der Waals surface area contributed by atoms with Gasteiger partial charge in [-0.2, -0.15) is 0 Å². The average molecular weight is 366 g/mol. The van der Waals surface area contributed by atoms with Gasteiger partial charge in [0.05, 0.1) is 5.52 Å². The van der Waals surface area contributed by atoms with E-state index in [1.165, 1.54) is 15.7 Å². The fourth-order valence-corrected chi connectivity index (χ4v) is 3.05. The number of nitrogens with zero attached hydrogens (tertiary/aromatic N) is 1. The number of nitrogens with one attached hydrogen (secondary N) is 1. The van der Waals surface area contributed by atoms with Crippen LogP contribution in [-0.2, 0) is 23.2 Å². The molecular weight excluding hydrogens is 340 g/mol. The number of aryl methyl sites for hydroxylation is 1. The predicted octanol–water partition coefficient (Wildman–Crippen LogP) is 3.64. The van der Waals surface area contributed by atoms with E-state index >= 15 is 0 Å². The molecule has 0 unspecified atom stereocenters. The molecule has 0 aliphatic heterocycles. The van der Waals surface area contributed by atoms with Crippen LogP contribution in [0.4, 0.5) is 0 Å². The quantitative estimate of drug-likeness (QED) is 0.724. The monoisotopic (exact) mass is 366 g/mol. The number of oxazole rings is 1. The molecule has 142 valence electrons. The van der Waals surface area contributed by atoms with E-state index < -0.39 is 5.76 Å². The fourth-order valence-electron chi connectivity index (χ4n) is 3.05. The fraction of sp³-hybridized carbons (Fsp3) is 0.364. The Hall–Kier alpha value is -2.82. The first-order valence-electron chi connectivity index (χ1n) is 9.29. The van der Waals surface area contributed by atoms with Crippen LogP contribution < -0.4 is 11.1 Å². The van der Waals surface area contributed by atoms with Gasteiger partial charge in [0.15, 0.2) is 5.58 Å². The number of benzene rings is 2. The standard InChI is InChI=1S/C22H26N2O3/c1-22(2,3)17-10-8-16(9-11-17)12-14-23-20(25)13-15-24-18-6-4-5-7-19(18)27-21(24)26/h4-11H,12-15H2,1-3H3,(H,23,25). The van der Waals surface area contributed by atoms with Crippen molar-refractivity contribution in [3.63, 3.8) is 0 Å². The molecule has 0 atom stereocenters. The zero-order valence-corrected chi connectivity index (χ0v) is 16.1. The molecule has 0 aliphatic rings. The molecule has 0 saturated heterocycles. The zero-order valence-electron chi connectivity index (χ0n) is 16.1. The molecule has 1 N–H and O–H groups in total. The molecule has 3 rings (SSSR count). The highest BCUT2D eigenvalue weighted by atomic mass is 16.4. The van der Waals surface area contributed by atoms with E-state index in [-0.39, 0.29) is 17.7 Å². The zero-order chi connectivity index (χ0) is 19.4. The number of aromatic nitrogens is 1. The van der Waals surface area contributed by atoms with Gasteiger partial charge in [-0.25, -0.2) is 4.79 Å². The van der Waals surface area contributed by atoms with Crippen molar-refractivity contribution < 1.29 is 9.21 Å². The number of carbonyl (C=O) groups excluding carboxylic acids is 1. The maximum atomic E-state index is 12.1. The Morgan fingerprint density at radius 1 is 1.07 bits per heavy atom. The number of rotatable bonds is 6. The topological polar surface area (TPSA) is 64.2 Å². The Kier molecular flexibility index (Phi) is 5.49. The van der Waals surface area contributed by atoms with Crippen molar-refractivity contribution in [1.82, 2.24) is 9.88 Å². The van der Waals surface area contributed by atoms with Crippen LogP contribution in [0.5, 0.6) is 0 Å². The lowest BCUT2D eigenvalue weighted by Crippen LogP contribution is -2.27. The van der Waals surface area contributed by atoms with Gasteiger partial charge >= 0.3 is 5.76 Å². The first-order valence-corrected chi connectivity index (χ1v) is 9.29. The minimum absolute atomic E-state index is 0.0708. The van der Waals surface area contributed by atoms with Gasteiger partial charge in [0.1, 0.15) is 0 Å². The van der Waals surface area contributed by atoms with E-state index in [9.17, 15) is 9.59 Å². The van der Waals surface area contributed by atoms with Crippen molar-refractivity contribution in [2.45, 2.75) is 45.6 Å². The first kappa shape index (κ1) is 19.0. The van der Waals surface area contributed by atoms with E-state index in [1.54, 1.807) is 6.07 Å². The van der Waals surface area contributed by atoms with E-state index in [4.69, 9.17) is 4.42 Å². The van der Waals surface area contributed by atoms with Gasteiger partial charge in [-0.3, -0.25) is 9.36 Å². The Morgan fingerprint density at radius 3 is 2.48 bits per heavy atom. The summed E-state index contributed by atoms with van der Waals surface area (Å²) in [5.41, 5.74) is 3.89. The minimum atomic E-state index is -0.428. The van der Waals surface area contributed by atoms with Crippen LogP contribution in [0.2, 0.25) is 0 Å². The summed E-state index contributed by atoms with van der Waals surface area (Å²) in [6.07, 6.45) is 1.02. The average Bonchev–Trinajstić information content (AvgIpc) is 2.95. The van der Waals surface area contributed by atoms with E-state index in [2.05, 4.69) is 50.4 Å². The summed E-state index contributed by atoms with van der Waals surface area (Å²) in [5, 5.41) is 2.92. The third kappa shape index (κ3) is 4.67. The molecule has 0 bridgehead atoms. The highest BCUT2D eigenvalue weighted by Crippen LogP contribution is 2.22. The van der Waals surface area contributed by atoms with Crippen molar-refractivity contribution >= 4 is 17.0 Å². The van der Waals surface area contributed by atoms with Gasteiger partial charge in [0.25, 0.3) is 0 Å². The molecule has 0 aliphatic carbocycles. The van der Waals surface area contributed by atoms with Gasteiger partial charge in [0, 0.05) is 19.5 Å². The lowest BCUT2D eigenvalue weighted by molar-refractivity contribution is -0.121. The highest BCUT2D eigenvalue weighted by molar-refractivity contribution is 5.76. The van der Waals surface area contributed by atoms with Crippen molar-refractivity contribution in [3.05, 3.63) is 70.2 Å². The van der Waals surface area contributed by atoms with Crippen molar-refractivity contribution in [1.29, 1.82) is 0 Å². The van der Waals surface area contributed by atoms with Crippen molar-refractivity contribution in [2.75, 3.05) is 6.54 Å². The number of fused-ring (bicyclic) bond motifs is 1. The van der Waals surface area contributed by atoms with Gasteiger partial charge in [-0.05, 0) is 35.1 Å². The molecule has 5 nitrogen and oxygen atoms in total. The summed E-state index contributed by atoms with van der Waals surface area (Å²) in [5.74, 6) is -0.499. The van der Waals surface area contributed by atoms with Gasteiger partial charge < -0.3 is 9.73 Å². The molecule has 1 heterocycles. The molecule has 0 radical (unpaired) electrons. The Labute approximate surface area is 159 Å². The summed E-state index contributed by atoms with van der Waals surface area (Å²) >= 11 is 0.